The minimum absolute atomic E-state index is 0.103. The SMILES string of the molecule is COc1cccc2c1nc(N)n1nc(CC(C)N3CCn4nc(C(F)F)cc4C3)nc21. The molecule has 0 spiro atoms. The van der Waals surface area contributed by atoms with Gasteiger partial charge in [-0.2, -0.15) is 9.61 Å². The summed E-state index contributed by atoms with van der Waals surface area (Å²) in [5, 5.41) is 9.36. The molecule has 1 aliphatic heterocycles. The fourth-order valence-electron chi connectivity index (χ4n) is 4.11. The first kappa shape index (κ1) is 19.6. The second kappa shape index (κ2) is 7.41. The van der Waals surface area contributed by atoms with Gasteiger partial charge in [0.25, 0.3) is 6.43 Å². The molecule has 0 bridgehead atoms. The highest BCUT2D eigenvalue weighted by molar-refractivity contribution is 5.95. The van der Waals surface area contributed by atoms with Crippen LogP contribution >= 0.6 is 0 Å². The number of anilines is 1. The number of nitrogens with two attached hydrogens (primary N) is 1. The van der Waals surface area contributed by atoms with Crippen LogP contribution in [0.3, 0.4) is 0 Å². The van der Waals surface area contributed by atoms with Crippen LogP contribution in [0, 0.1) is 0 Å². The summed E-state index contributed by atoms with van der Waals surface area (Å²) in [5.41, 5.74) is 8.02. The molecule has 4 heterocycles. The minimum Gasteiger partial charge on any atom is -0.494 e. The lowest BCUT2D eigenvalue weighted by Crippen LogP contribution is -2.41. The lowest BCUT2D eigenvalue weighted by Gasteiger charge is -2.32. The van der Waals surface area contributed by atoms with E-state index in [-0.39, 0.29) is 17.7 Å². The number of benzene rings is 1. The van der Waals surface area contributed by atoms with Crippen molar-refractivity contribution in [1.29, 1.82) is 0 Å². The summed E-state index contributed by atoms with van der Waals surface area (Å²) >= 11 is 0. The van der Waals surface area contributed by atoms with Crippen LogP contribution in [0.25, 0.3) is 16.6 Å². The number of nitrogens with zero attached hydrogens (tertiary/aromatic N) is 7. The fourth-order valence-corrected chi connectivity index (χ4v) is 4.11. The molecule has 0 saturated heterocycles. The van der Waals surface area contributed by atoms with Crippen molar-refractivity contribution < 1.29 is 13.5 Å². The van der Waals surface area contributed by atoms with Gasteiger partial charge in [0.2, 0.25) is 5.95 Å². The Morgan fingerprint density at radius 1 is 1.19 bits per heavy atom. The summed E-state index contributed by atoms with van der Waals surface area (Å²) in [7, 11) is 1.59. The molecule has 1 aromatic carbocycles. The molecule has 1 unspecified atom stereocenters. The number of aromatic nitrogens is 6. The van der Waals surface area contributed by atoms with E-state index in [4.69, 9.17) is 15.5 Å². The molecule has 31 heavy (non-hydrogen) atoms. The maximum Gasteiger partial charge on any atom is 0.282 e. The summed E-state index contributed by atoms with van der Waals surface area (Å²) in [6.07, 6.45) is -1.97. The van der Waals surface area contributed by atoms with Crippen LogP contribution in [0.1, 0.15) is 30.6 Å². The number of ether oxygens (including phenoxy) is 1. The van der Waals surface area contributed by atoms with Gasteiger partial charge in [-0.15, -0.1) is 5.10 Å². The Kier molecular flexibility index (Phi) is 4.69. The van der Waals surface area contributed by atoms with Gasteiger partial charge < -0.3 is 10.5 Å². The van der Waals surface area contributed by atoms with Crippen LogP contribution < -0.4 is 10.5 Å². The van der Waals surface area contributed by atoms with Gasteiger partial charge in [-0.3, -0.25) is 9.58 Å². The van der Waals surface area contributed by atoms with Gasteiger partial charge in [-0.05, 0) is 25.1 Å². The highest BCUT2D eigenvalue weighted by Gasteiger charge is 2.25. The number of hydrogen-bond donors (Lipinski definition) is 1. The van der Waals surface area contributed by atoms with Gasteiger partial charge in [-0.25, -0.2) is 18.7 Å². The standard InChI is InChI=1S/C20H22F2N8O/c1-11(28-6-7-29-12(10-28)9-14(26-29)18(21)22)8-16-24-19-13-4-3-5-15(31-2)17(13)25-20(23)30(19)27-16/h3-5,9,11,18H,6-8,10H2,1-2H3,(H2,23,25). The molecular weight excluding hydrogens is 406 g/mol. The lowest BCUT2D eigenvalue weighted by molar-refractivity contribution is 0.142. The fraction of sp³-hybridized carbons (Fsp3) is 0.400. The third kappa shape index (κ3) is 3.34. The van der Waals surface area contributed by atoms with Crippen molar-refractivity contribution in [3.8, 4) is 5.75 Å². The van der Waals surface area contributed by atoms with Crippen LogP contribution in [0.5, 0.6) is 5.75 Å². The third-order valence-corrected chi connectivity index (χ3v) is 5.73. The number of alkyl halides is 2. The van der Waals surface area contributed by atoms with Crippen LogP contribution in [0.4, 0.5) is 14.7 Å². The summed E-state index contributed by atoms with van der Waals surface area (Å²) < 4.78 is 34.5. The first-order valence-corrected chi connectivity index (χ1v) is 10.0. The van der Waals surface area contributed by atoms with Crippen molar-refractivity contribution >= 4 is 22.5 Å². The molecule has 0 saturated carbocycles. The molecule has 0 radical (unpaired) electrons. The first-order valence-electron chi connectivity index (χ1n) is 10.0. The summed E-state index contributed by atoms with van der Waals surface area (Å²) in [6, 6.07) is 7.20. The van der Waals surface area contributed by atoms with E-state index in [0.29, 0.717) is 42.2 Å². The number of hydrogen-bond acceptors (Lipinski definition) is 7. The smallest absolute Gasteiger partial charge is 0.282 e. The van der Waals surface area contributed by atoms with Crippen molar-refractivity contribution in [3.05, 3.63) is 41.5 Å². The number of fused-ring (bicyclic) bond motifs is 4. The third-order valence-electron chi connectivity index (χ3n) is 5.73. The predicted octanol–water partition coefficient (Wildman–Crippen LogP) is 2.45. The molecule has 0 aliphatic carbocycles. The van der Waals surface area contributed by atoms with Crippen LogP contribution in [-0.2, 0) is 19.5 Å². The Bertz CT molecular complexity index is 1270. The quantitative estimate of drug-likeness (QED) is 0.521. The normalized spacial score (nSPS) is 15.6. The van der Waals surface area contributed by atoms with Crippen molar-refractivity contribution in [2.45, 2.75) is 38.9 Å². The maximum atomic E-state index is 13.0. The molecule has 3 aromatic heterocycles. The Labute approximate surface area is 176 Å². The second-order valence-corrected chi connectivity index (χ2v) is 7.70. The second-order valence-electron chi connectivity index (χ2n) is 7.70. The first-order chi connectivity index (χ1) is 14.9. The zero-order valence-corrected chi connectivity index (χ0v) is 17.2. The molecular formula is C20H22F2N8O. The van der Waals surface area contributed by atoms with E-state index in [9.17, 15) is 8.78 Å². The highest BCUT2D eigenvalue weighted by atomic mass is 19.3. The van der Waals surface area contributed by atoms with Crippen LogP contribution in [0.15, 0.2) is 24.3 Å². The minimum atomic E-state index is -2.56. The average molecular weight is 428 g/mol. The maximum absolute atomic E-state index is 13.0. The molecule has 0 amide bonds. The Morgan fingerprint density at radius 3 is 2.81 bits per heavy atom. The van der Waals surface area contributed by atoms with Gasteiger partial charge in [0, 0.05) is 30.9 Å². The molecule has 1 atom stereocenters. The zero-order valence-electron chi connectivity index (χ0n) is 17.2. The van der Waals surface area contributed by atoms with Crippen molar-refractivity contribution in [3.63, 3.8) is 0 Å². The summed E-state index contributed by atoms with van der Waals surface area (Å²) in [4.78, 5) is 11.4. The molecule has 4 aromatic rings. The number of nitrogen functional groups attached to an aromatic ring is 1. The van der Waals surface area contributed by atoms with Crippen LogP contribution in [-0.4, -0.2) is 54.0 Å². The van der Waals surface area contributed by atoms with Gasteiger partial charge in [0.1, 0.15) is 17.0 Å². The molecule has 11 heteroatoms. The molecule has 1 aliphatic rings. The van der Waals surface area contributed by atoms with E-state index in [1.54, 1.807) is 16.3 Å². The molecule has 9 nitrogen and oxygen atoms in total. The molecule has 0 fully saturated rings. The Morgan fingerprint density at radius 2 is 2.03 bits per heavy atom. The highest BCUT2D eigenvalue weighted by Crippen LogP contribution is 2.28. The van der Waals surface area contributed by atoms with E-state index in [1.807, 2.05) is 18.2 Å². The Balaban J connectivity index is 1.41. The van der Waals surface area contributed by atoms with E-state index < -0.39 is 6.43 Å². The van der Waals surface area contributed by atoms with E-state index in [1.165, 1.54) is 6.07 Å². The zero-order chi connectivity index (χ0) is 21.7. The van der Waals surface area contributed by atoms with Crippen molar-refractivity contribution in [1.82, 2.24) is 34.3 Å². The van der Waals surface area contributed by atoms with Gasteiger partial charge in [0.05, 0.1) is 19.3 Å². The number of para-hydroxylation sites is 1. The van der Waals surface area contributed by atoms with Crippen LogP contribution in [0.2, 0.25) is 0 Å². The van der Waals surface area contributed by atoms with E-state index in [2.05, 4.69) is 27.0 Å². The van der Waals surface area contributed by atoms with Gasteiger partial charge >= 0.3 is 0 Å². The number of halogens is 2. The van der Waals surface area contributed by atoms with E-state index in [0.717, 1.165) is 17.6 Å². The van der Waals surface area contributed by atoms with E-state index >= 15 is 0 Å². The van der Waals surface area contributed by atoms with Gasteiger partial charge in [0.15, 0.2) is 11.5 Å². The number of methoxy groups -OCH3 is 1. The topological polar surface area (TPSA) is 99.4 Å². The molecule has 5 rings (SSSR count). The van der Waals surface area contributed by atoms with Crippen molar-refractivity contribution in [2.75, 3.05) is 19.4 Å². The summed E-state index contributed by atoms with van der Waals surface area (Å²) in [5.74, 6) is 1.50. The number of rotatable bonds is 5. The van der Waals surface area contributed by atoms with Crippen molar-refractivity contribution in [2.24, 2.45) is 0 Å². The lowest BCUT2D eigenvalue weighted by atomic mass is 10.1. The predicted molar refractivity (Wildman–Crippen MR) is 110 cm³/mol. The largest absolute Gasteiger partial charge is 0.494 e. The molecule has 2 N–H and O–H groups in total. The summed E-state index contributed by atoms with van der Waals surface area (Å²) in [6.45, 7) is 3.93. The average Bonchev–Trinajstić information content (AvgIpc) is 3.37. The Hall–Kier alpha value is -3.34. The van der Waals surface area contributed by atoms with Gasteiger partial charge in [-0.1, -0.05) is 6.07 Å². The molecule has 162 valence electrons. The monoisotopic (exact) mass is 428 g/mol.